The van der Waals surface area contributed by atoms with Crippen LogP contribution in [-0.4, -0.2) is 26.4 Å². The molecule has 0 aliphatic carbocycles. The number of nitrogens with zero attached hydrogens (tertiary/aromatic N) is 3. The molecular weight excluding hydrogens is 503 g/mol. The van der Waals surface area contributed by atoms with Crippen LogP contribution in [0.5, 0.6) is 0 Å². The second kappa shape index (κ2) is 8.50. The molecule has 0 unspecified atom stereocenters. The number of halogens is 4. The number of thioether (sulfide) groups is 1. The molecule has 1 N–H and O–H groups in total. The van der Waals surface area contributed by atoms with Gasteiger partial charge in [0.1, 0.15) is 0 Å². The number of anilines is 1. The summed E-state index contributed by atoms with van der Waals surface area (Å²) >= 11 is 24.2. The lowest BCUT2D eigenvalue weighted by molar-refractivity contribution is -0.113. The molecule has 2 aromatic heterocycles. The molecule has 0 radical (unpaired) electrons. The summed E-state index contributed by atoms with van der Waals surface area (Å²) in [6.07, 6.45) is 0. The summed E-state index contributed by atoms with van der Waals surface area (Å²) in [6, 6.07) is 4.98. The summed E-state index contributed by atoms with van der Waals surface area (Å²) in [5.41, 5.74) is 0.411. The van der Waals surface area contributed by atoms with Crippen molar-refractivity contribution in [2.75, 3.05) is 11.1 Å². The minimum atomic E-state index is -0.237. The standard InChI is InChI=1S/C15H10BrCl3N4OS2/c1-23-14(12-2-7(16)5-25-12)21-22-15(23)26-6-13(24)20-11-4-9(18)8(17)3-10(11)19/h2-5H,6H2,1H3,(H,20,24). The van der Waals surface area contributed by atoms with Crippen molar-refractivity contribution in [1.82, 2.24) is 14.8 Å². The van der Waals surface area contributed by atoms with Crippen LogP contribution in [0.15, 0.2) is 33.2 Å². The lowest BCUT2D eigenvalue weighted by Crippen LogP contribution is -2.14. The van der Waals surface area contributed by atoms with Gasteiger partial charge in [0.15, 0.2) is 11.0 Å². The van der Waals surface area contributed by atoms with Gasteiger partial charge in [-0.05, 0) is 34.1 Å². The van der Waals surface area contributed by atoms with Gasteiger partial charge in [0.25, 0.3) is 0 Å². The fourth-order valence-electron chi connectivity index (χ4n) is 2.02. The van der Waals surface area contributed by atoms with Gasteiger partial charge in [-0.1, -0.05) is 46.6 Å². The second-order valence-corrected chi connectivity index (χ2v) is 9.07. The number of hydrogen-bond donors (Lipinski definition) is 1. The van der Waals surface area contributed by atoms with Gasteiger partial charge in [0.05, 0.1) is 31.4 Å². The Morgan fingerprint density at radius 3 is 2.65 bits per heavy atom. The monoisotopic (exact) mass is 510 g/mol. The molecule has 1 aromatic carbocycles. The van der Waals surface area contributed by atoms with Gasteiger partial charge >= 0.3 is 0 Å². The maximum atomic E-state index is 12.2. The highest BCUT2D eigenvalue weighted by atomic mass is 79.9. The first kappa shape index (κ1) is 20.0. The molecule has 3 rings (SSSR count). The van der Waals surface area contributed by atoms with Crippen LogP contribution in [0.3, 0.4) is 0 Å². The van der Waals surface area contributed by atoms with E-state index in [-0.39, 0.29) is 11.7 Å². The van der Waals surface area contributed by atoms with Crippen LogP contribution in [0.25, 0.3) is 10.7 Å². The molecule has 11 heteroatoms. The first-order chi connectivity index (χ1) is 12.3. The Morgan fingerprint density at radius 1 is 1.23 bits per heavy atom. The molecule has 0 bridgehead atoms. The number of aromatic nitrogens is 3. The van der Waals surface area contributed by atoms with Crippen LogP contribution < -0.4 is 5.32 Å². The van der Waals surface area contributed by atoms with Crippen LogP contribution in [0, 0.1) is 0 Å². The van der Waals surface area contributed by atoms with Gasteiger partial charge in [0, 0.05) is 16.9 Å². The van der Waals surface area contributed by atoms with Gasteiger partial charge in [-0.2, -0.15) is 0 Å². The highest BCUT2D eigenvalue weighted by Gasteiger charge is 2.15. The van der Waals surface area contributed by atoms with Crippen molar-refractivity contribution >= 4 is 85.4 Å². The maximum absolute atomic E-state index is 12.2. The minimum absolute atomic E-state index is 0.149. The maximum Gasteiger partial charge on any atom is 0.234 e. The number of carbonyl (C=O) groups is 1. The summed E-state index contributed by atoms with van der Waals surface area (Å²) in [7, 11) is 1.86. The van der Waals surface area contributed by atoms with Gasteiger partial charge in [-0.25, -0.2) is 0 Å². The number of carbonyl (C=O) groups excluding carboxylic acids is 1. The van der Waals surface area contributed by atoms with E-state index in [2.05, 4.69) is 31.4 Å². The first-order valence-electron chi connectivity index (χ1n) is 7.06. The molecule has 0 saturated heterocycles. The molecular formula is C15H10BrCl3N4OS2. The number of amides is 1. The predicted molar refractivity (Wildman–Crippen MR) is 113 cm³/mol. The predicted octanol–water partition coefficient (Wildman–Crippen LogP) is 6.00. The van der Waals surface area contributed by atoms with Crippen LogP contribution in [-0.2, 0) is 11.8 Å². The lowest BCUT2D eigenvalue weighted by atomic mass is 10.3. The SMILES string of the molecule is Cn1c(SCC(=O)Nc2cc(Cl)c(Cl)cc2Cl)nnc1-c1cc(Br)cs1. The third-order valence-corrected chi connectivity index (χ3v) is 6.98. The summed E-state index contributed by atoms with van der Waals surface area (Å²) in [5, 5.41) is 14.6. The molecule has 0 aliphatic heterocycles. The summed E-state index contributed by atoms with van der Waals surface area (Å²) < 4.78 is 2.84. The molecule has 0 atom stereocenters. The fraction of sp³-hybridized carbons (Fsp3) is 0.133. The first-order valence-corrected chi connectivity index (χ1v) is 10.9. The van der Waals surface area contributed by atoms with Crippen LogP contribution in [0.2, 0.25) is 15.1 Å². The third-order valence-electron chi connectivity index (χ3n) is 3.24. The Kier molecular flexibility index (Phi) is 6.53. The van der Waals surface area contributed by atoms with E-state index in [1.807, 2.05) is 23.1 Å². The number of hydrogen-bond acceptors (Lipinski definition) is 5. The fourth-order valence-corrected chi connectivity index (χ4v) is 4.77. The van der Waals surface area contributed by atoms with E-state index in [9.17, 15) is 4.79 Å². The average molecular weight is 513 g/mol. The summed E-state index contributed by atoms with van der Waals surface area (Å²) in [5.74, 6) is 0.659. The van der Waals surface area contributed by atoms with Gasteiger partial charge in [-0.15, -0.1) is 21.5 Å². The number of benzene rings is 1. The smallest absolute Gasteiger partial charge is 0.234 e. The van der Waals surface area contributed by atoms with Crippen molar-refractivity contribution in [2.24, 2.45) is 7.05 Å². The molecule has 0 fully saturated rings. The molecule has 3 aromatic rings. The Labute approximate surface area is 181 Å². The topological polar surface area (TPSA) is 59.8 Å². The number of thiophene rings is 1. The molecule has 136 valence electrons. The normalized spacial score (nSPS) is 11.0. The Balaban J connectivity index is 1.65. The second-order valence-electron chi connectivity index (χ2n) is 5.08. The van der Waals surface area contributed by atoms with Crippen molar-refractivity contribution in [1.29, 1.82) is 0 Å². The van der Waals surface area contributed by atoms with Gasteiger partial charge < -0.3 is 9.88 Å². The zero-order valence-electron chi connectivity index (χ0n) is 13.1. The number of nitrogens with one attached hydrogen (secondary N) is 1. The summed E-state index contributed by atoms with van der Waals surface area (Å²) in [4.78, 5) is 13.2. The molecule has 5 nitrogen and oxygen atoms in total. The van der Waals surface area contributed by atoms with Crippen LogP contribution in [0.4, 0.5) is 5.69 Å². The van der Waals surface area contributed by atoms with Crippen molar-refractivity contribution in [3.63, 3.8) is 0 Å². The van der Waals surface area contributed by atoms with E-state index in [1.54, 1.807) is 11.3 Å². The van der Waals surface area contributed by atoms with E-state index in [0.29, 0.717) is 25.9 Å². The van der Waals surface area contributed by atoms with Crippen LogP contribution in [0.1, 0.15) is 0 Å². The average Bonchev–Trinajstić information content (AvgIpc) is 3.16. The van der Waals surface area contributed by atoms with Gasteiger partial charge in [0.2, 0.25) is 5.91 Å². The van der Waals surface area contributed by atoms with E-state index >= 15 is 0 Å². The van der Waals surface area contributed by atoms with Crippen molar-refractivity contribution in [3.8, 4) is 10.7 Å². The molecule has 0 spiro atoms. The highest BCUT2D eigenvalue weighted by Crippen LogP contribution is 2.33. The molecule has 26 heavy (non-hydrogen) atoms. The highest BCUT2D eigenvalue weighted by molar-refractivity contribution is 9.10. The van der Waals surface area contributed by atoms with Gasteiger partial charge in [-0.3, -0.25) is 4.79 Å². The molecule has 2 heterocycles. The zero-order valence-corrected chi connectivity index (χ0v) is 18.6. The molecule has 0 aliphatic rings. The minimum Gasteiger partial charge on any atom is -0.324 e. The Bertz CT molecular complexity index is 976. The Morgan fingerprint density at radius 2 is 1.96 bits per heavy atom. The van der Waals surface area contributed by atoms with E-state index < -0.39 is 0 Å². The molecule has 1 amide bonds. The zero-order chi connectivity index (χ0) is 18.8. The largest absolute Gasteiger partial charge is 0.324 e. The van der Waals surface area contributed by atoms with Crippen molar-refractivity contribution in [3.05, 3.63) is 43.1 Å². The third kappa shape index (κ3) is 4.55. The van der Waals surface area contributed by atoms with Crippen molar-refractivity contribution < 1.29 is 4.79 Å². The number of rotatable bonds is 5. The lowest BCUT2D eigenvalue weighted by Gasteiger charge is -2.08. The molecule has 0 saturated carbocycles. The van der Waals surface area contributed by atoms with E-state index in [4.69, 9.17) is 34.8 Å². The summed E-state index contributed by atoms with van der Waals surface area (Å²) in [6.45, 7) is 0. The Hall–Kier alpha value is -0.770. The van der Waals surface area contributed by atoms with Crippen molar-refractivity contribution in [2.45, 2.75) is 5.16 Å². The van der Waals surface area contributed by atoms with E-state index in [0.717, 1.165) is 15.2 Å². The van der Waals surface area contributed by atoms with E-state index in [1.165, 1.54) is 23.9 Å². The van der Waals surface area contributed by atoms with Crippen LogP contribution >= 0.6 is 73.8 Å². The quantitative estimate of drug-likeness (QED) is 0.337.